The van der Waals surface area contributed by atoms with Crippen molar-refractivity contribution in [3.8, 4) is 0 Å². The molecule has 0 bridgehead atoms. The zero-order valence-corrected chi connectivity index (χ0v) is 7.75. The summed E-state index contributed by atoms with van der Waals surface area (Å²) in [6.07, 6.45) is 0. The zero-order chi connectivity index (χ0) is 2.00. The van der Waals surface area contributed by atoms with Crippen LogP contribution in [0.3, 0.4) is 0 Å². The Morgan fingerprint density at radius 3 is 1.20 bits per heavy atom. The van der Waals surface area contributed by atoms with E-state index in [9.17, 15) is 0 Å². The van der Waals surface area contributed by atoms with Crippen LogP contribution in [0.15, 0.2) is 0 Å². The van der Waals surface area contributed by atoms with Crippen LogP contribution >= 0.6 is 0 Å². The van der Waals surface area contributed by atoms with Gasteiger partial charge in [-0.05, 0) is 0 Å². The molecule has 0 amide bonds. The molecule has 0 fully saturated rings. The van der Waals surface area contributed by atoms with E-state index >= 15 is 0 Å². The molecule has 0 atom stereocenters. The Bertz CT molecular complexity index is 11.6. The molecule has 1 nitrogen and oxygen atoms in total. The van der Waals surface area contributed by atoms with Gasteiger partial charge in [0, 0.05) is 53.0 Å². The fourth-order valence-corrected chi connectivity index (χ4v) is 0. The first-order chi connectivity index (χ1) is 1.00. The molecule has 0 aliphatic carbocycles. The minimum atomic E-state index is 0. The molecule has 0 unspecified atom stereocenters. The van der Waals surface area contributed by atoms with E-state index in [1.165, 1.54) is 0 Å². The van der Waals surface area contributed by atoms with Crippen molar-refractivity contribution < 1.29 is 72.7 Å². The molecule has 5 heteroatoms. The Morgan fingerprint density at radius 2 is 1.20 bits per heavy atom. The Labute approximate surface area is 115 Å². The molecule has 0 aliphatic heterocycles. The average Bonchev–Trinajstić information content (AvgIpc) is 1.00. The Hall–Kier alpha value is 3.53. The van der Waals surface area contributed by atoms with Crippen molar-refractivity contribution in [2.75, 3.05) is 0 Å². The molecule has 0 N–H and O–H groups in total. The van der Waals surface area contributed by atoms with Crippen molar-refractivity contribution in [1.82, 2.24) is 0 Å². The standard InChI is InChI=1S/Cr.Fe.La.O.Sr.2H. The molecule has 27 valence electrons. The average molecular weight is 352 g/mol. The second kappa shape index (κ2) is 25.8. The summed E-state index contributed by atoms with van der Waals surface area (Å²) < 4.78 is 8.00. The molecular formula is H2CrFeLaOSr. The third-order valence-corrected chi connectivity index (χ3v) is 0. The molecular weight excluding hydrogens is 350 g/mol. The van der Waals surface area contributed by atoms with Crippen LogP contribution in [0.1, 0.15) is 0 Å². The monoisotopic (exact) mass is 353 g/mol. The van der Waals surface area contributed by atoms with Gasteiger partial charge in [0.2, 0.25) is 0 Å². The molecule has 0 aliphatic rings. The topological polar surface area (TPSA) is 17.1 Å². The first-order valence-electron chi connectivity index (χ1n) is 0.144. The number of hydrogen-bond donors (Lipinski definition) is 0. The van der Waals surface area contributed by atoms with Gasteiger partial charge in [0.15, 0.2) is 0 Å². The summed E-state index contributed by atoms with van der Waals surface area (Å²) in [7, 11) is 0. The summed E-state index contributed by atoms with van der Waals surface area (Å²) in [5.41, 5.74) is 0. The SMILES string of the molecule is [Cr].[La].[O]=[Fe].[SrH2]. The van der Waals surface area contributed by atoms with Crippen molar-refractivity contribution in [3.63, 3.8) is 0 Å². The van der Waals surface area contributed by atoms with Crippen molar-refractivity contribution in [2.45, 2.75) is 0 Å². The first-order valence-corrected chi connectivity index (χ1v) is 0.595. The summed E-state index contributed by atoms with van der Waals surface area (Å²) in [5, 5.41) is 0. The summed E-state index contributed by atoms with van der Waals surface area (Å²) in [6.45, 7) is 0. The molecule has 0 heterocycles. The summed E-state index contributed by atoms with van der Waals surface area (Å²) in [4.78, 5) is 0. The van der Waals surface area contributed by atoms with Crippen LogP contribution < -0.4 is 0 Å². The van der Waals surface area contributed by atoms with E-state index in [0.717, 1.165) is 0 Å². The van der Waals surface area contributed by atoms with Gasteiger partial charge >= 0.3 is 65.3 Å². The third-order valence-electron chi connectivity index (χ3n) is 0. The molecule has 0 rings (SSSR count). The van der Waals surface area contributed by atoms with Crippen LogP contribution in [0.5, 0.6) is 0 Å². The van der Waals surface area contributed by atoms with E-state index in [1.54, 1.807) is 0 Å². The van der Waals surface area contributed by atoms with E-state index in [1.807, 2.05) is 15.9 Å². The van der Waals surface area contributed by atoms with E-state index in [4.69, 9.17) is 3.83 Å². The Balaban J connectivity index is -0.00000000167. The molecule has 0 saturated carbocycles. The van der Waals surface area contributed by atoms with E-state index < -0.39 is 0 Å². The van der Waals surface area contributed by atoms with Gasteiger partial charge in [-0.2, -0.15) is 0 Å². The molecule has 0 spiro atoms. The number of rotatable bonds is 0. The molecule has 0 saturated heterocycles. The fraction of sp³-hybridized carbons (Fsp3) is 0. The maximum atomic E-state index is 8.00. The van der Waals surface area contributed by atoms with Crippen molar-refractivity contribution in [2.24, 2.45) is 0 Å². The predicted molar refractivity (Wildman–Crippen MR) is 9.23 cm³/mol. The van der Waals surface area contributed by atoms with Crippen LogP contribution in [0, 0.1) is 35.6 Å². The van der Waals surface area contributed by atoms with Gasteiger partial charge in [-0.1, -0.05) is 0 Å². The normalized spacial score (nSPS) is 1.00. The van der Waals surface area contributed by atoms with Gasteiger partial charge in [0.1, 0.15) is 0 Å². The van der Waals surface area contributed by atoms with Gasteiger partial charge in [-0.15, -0.1) is 0 Å². The molecule has 0 aromatic rings. The first kappa shape index (κ1) is 23.6. The van der Waals surface area contributed by atoms with E-state index in [-0.39, 0.29) is 98.4 Å². The fourth-order valence-electron chi connectivity index (χ4n) is 0. The van der Waals surface area contributed by atoms with Crippen LogP contribution in [0.2, 0.25) is 0 Å². The zero-order valence-electron chi connectivity index (χ0n) is 1.75. The third kappa shape index (κ3) is 18.5. The Kier molecular flexibility index (Phi) is 122. The van der Waals surface area contributed by atoms with E-state index in [2.05, 4.69) is 0 Å². The predicted octanol–water partition coefficient (Wildman–Crippen LogP) is -1.04. The van der Waals surface area contributed by atoms with Crippen LogP contribution in [-0.2, 0) is 37.1 Å². The summed E-state index contributed by atoms with van der Waals surface area (Å²) in [5.74, 6) is 0. The molecule has 0 aromatic heterocycles. The summed E-state index contributed by atoms with van der Waals surface area (Å²) in [6, 6.07) is 0. The Morgan fingerprint density at radius 1 is 1.20 bits per heavy atom. The van der Waals surface area contributed by atoms with Crippen LogP contribution in [-0.4, -0.2) is 45.5 Å². The van der Waals surface area contributed by atoms with Crippen molar-refractivity contribution in [1.29, 1.82) is 0 Å². The number of hydrogen-bond acceptors (Lipinski definition) is 1. The van der Waals surface area contributed by atoms with Gasteiger partial charge in [0.05, 0.1) is 0 Å². The second-order valence-electron chi connectivity index (χ2n) is 0. The molecule has 5 heavy (non-hydrogen) atoms. The summed E-state index contributed by atoms with van der Waals surface area (Å²) >= 11 is 2.00. The van der Waals surface area contributed by atoms with Gasteiger partial charge in [0.25, 0.3) is 0 Å². The van der Waals surface area contributed by atoms with Crippen LogP contribution in [0.4, 0.5) is 0 Å². The quantitative estimate of drug-likeness (QED) is 0.509. The molecule has 0 aromatic carbocycles. The van der Waals surface area contributed by atoms with Gasteiger partial charge in [-0.25, -0.2) is 0 Å². The van der Waals surface area contributed by atoms with Gasteiger partial charge < -0.3 is 0 Å². The molecule has 1 radical (unpaired) electrons. The van der Waals surface area contributed by atoms with Crippen LogP contribution in [0.25, 0.3) is 0 Å². The maximum absolute atomic E-state index is 8.00. The van der Waals surface area contributed by atoms with Crippen molar-refractivity contribution in [3.05, 3.63) is 0 Å². The minimum absolute atomic E-state index is 0. The second-order valence-corrected chi connectivity index (χ2v) is 0. The van der Waals surface area contributed by atoms with E-state index in [0.29, 0.717) is 0 Å². The van der Waals surface area contributed by atoms with Gasteiger partial charge in [-0.3, -0.25) is 0 Å². The van der Waals surface area contributed by atoms with Crippen molar-refractivity contribution >= 4 is 45.5 Å².